The predicted molar refractivity (Wildman–Crippen MR) is 80.4 cm³/mol. The molecule has 0 unspecified atom stereocenters. The first-order chi connectivity index (χ1) is 9.02. The van der Waals surface area contributed by atoms with Crippen LogP contribution in [-0.4, -0.2) is 6.04 Å². The third-order valence-corrected chi connectivity index (χ3v) is 4.62. The van der Waals surface area contributed by atoms with E-state index >= 15 is 0 Å². The van der Waals surface area contributed by atoms with Crippen molar-refractivity contribution in [3.63, 3.8) is 0 Å². The van der Waals surface area contributed by atoms with Gasteiger partial charge in [0.25, 0.3) is 0 Å². The van der Waals surface area contributed by atoms with Crippen molar-refractivity contribution in [2.24, 2.45) is 5.92 Å². The van der Waals surface area contributed by atoms with Gasteiger partial charge in [0.2, 0.25) is 0 Å². The zero-order valence-corrected chi connectivity index (χ0v) is 12.5. The van der Waals surface area contributed by atoms with E-state index in [4.69, 9.17) is 5.26 Å². The Morgan fingerprint density at radius 2 is 1.53 bits per heavy atom. The van der Waals surface area contributed by atoms with Crippen molar-refractivity contribution >= 4 is 5.69 Å². The summed E-state index contributed by atoms with van der Waals surface area (Å²) in [7, 11) is 0. The van der Waals surface area contributed by atoms with Crippen molar-refractivity contribution in [2.75, 3.05) is 5.32 Å². The maximum Gasteiger partial charge on any atom is 0.0655 e. The molecule has 0 saturated heterocycles. The van der Waals surface area contributed by atoms with Crippen molar-refractivity contribution in [1.29, 1.82) is 5.26 Å². The van der Waals surface area contributed by atoms with Crippen LogP contribution in [0.4, 0.5) is 5.69 Å². The lowest BCUT2D eigenvalue weighted by atomic mass is 9.86. The maximum atomic E-state index is 8.96. The smallest absolute Gasteiger partial charge is 0.0655 e. The lowest BCUT2D eigenvalue weighted by Gasteiger charge is -2.29. The first-order valence-electron chi connectivity index (χ1n) is 7.26. The van der Waals surface area contributed by atoms with E-state index in [1.54, 1.807) is 0 Å². The molecule has 1 aliphatic rings. The molecular weight excluding hydrogens is 232 g/mol. The lowest BCUT2D eigenvalue weighted by molar-refractivity contribution is 0.397. The molecule has 1 aromatic rings. The van der Waals surface area contributed by atoms with E-state index in [-0.39, 0.29) is 5.92 Å². The number of nitrogens with zero attached hydrogens (tertiary/aromatic N) is 1. The molecule has 0 atom stereocenters. The number of anilines is 1. The summed E-state index contributed by atoms with van der Waals surface area (Å²) in [6.07, 6.45) is 4.31. The highest BCUT2D eigenvalue weighted by molar-refractivity contribution is 5.62. The Balaban J connectivity index is 2.14. The van der Waals surface area contributed by atoms with Crippen LogP contribution in [0.15, 0.2) is 6.07 Å². The van der Waals surface area contributed by atoms with Gasteiger partial charge in [-0.2, -0.15) is 5.26 Å². The molecule has 1 aliphatic carbocycles. The van der Waals surface area contributed by atoms with E-state index in [1.807, 2.05) is 0 Å². The summed E-state index contributed by atoms with van der Waals surface area (Å²) in [5.74, 6) is 0.277. The monoisotopic (exact) mass is 256 g/mol. The van der Waals surface area contributed by atoms with Crippen LogP contribution < -0.4 is 5.32 Å². The number of aryl methyl sites for hydroxylation is 2. The lowest BCUT2D eigenvalue weighted by Crippen LogP contribution is -2.26. The van der Waals surface area contributed by atoms with Gasteiger partial charge < -0.3 is 5.32 Å². The summed E-state index contributed by atoms with van der Waals surface area (Å²) in [4.78, 5) is 0. The Hall–Kier alpha value is -1.49. The minimum Gasteiger partial charge on any atom is -0.382 e. The molecule has 1 fully saturated rings. The second-order valence-electron chi connectivity index (χ2n) is 5.96. The van der Waals surface area contributed by atoms with Crippen LogP contribution in [0.2, 0.25) is 0 Å². The van der Waals surface area contributed by atoms with Gasteiger partial charge in [0.15, 0.2) is 0 Å². The van der Waals surface area contributed by atoms with Crippen LogP contribution in [-0.2, 0) is 0 Å². The van der Waals surface area contributed by atoms with Gasteiger partial charge >= 0.3 is 0 Å². The molecule has 2 heteroatoms. The molecule has 1 saturated carbocycles. The standard InChI is InChI=1S/C17H24N2/c1-11-9-12(2)14(4)17(13(11)3)19-16-7-5-15(10-18)6-8-16/h9,15-16,19H,5-8H2,1-4H3. The summed E-state index contributed by atoms with van der Waals surface area (Å²) in [6.45, 7) is 8.76. The van der Waals surface area contributed by atoms with Gasteiger partial charge in [-0.3, -0.25) is 0 Å². The Kier molecular flexibility index (Phi) is 4.14. The molecule has 0 heterocycles. The largest absolute Gasteiger partial charge is 0.382 e. The van der Waals surface area contributed by atoms with Gasteiger partial charge in [0, 0.05) is 17.6 Å². The fourth-order valence-corrected chi connectivity index (χ4v) is 3.00. The van der Waals surface area contributed by atoms with Crippen molar-refractivity contribution in [2.45, 2.75) is 59.4 Å². The van der Waals surface area contributed by atoms with Crippen molar-refractivity contribution in [3.8, 4) is 6.07 Å². The highest BCUT2D eigenvalue weighted by Crippen LogP contribution is 2.31. The fourth-order valence-electron chi connectivity index (χ4n) is 3.00. The van der Waals surface area contributed by atoms with Crippen molar-refractivity contribution < 1.29 is 0 Å². The van der Waals surface area contributed by atoms with E-state index in [2.05, 4.69) is 45.1 Å². The molecular formula is C17H24N2. The summed E-state index contributed by atoms with van der Waals surface area (Å²) in [6, 6.07) is 5.20. The second kappa shape index (κ2) is 5.65. The molecule has 0 bridgehead atoms. The minimum absolute atomic E-state index is 0.277. The summed E-state index contributed by atoms with van der Waals surface area (Å²) >= 11 is 0. The van der Waals surface area contributed by atoms with Crippen LogP contribution in [0.5, 0.6) is 0 Å². The third kappa shape index (κ3) is 2.92. The second-order valence-corrected chi connectivity index (χ2v) is 5.96. The summed E-state index contributed by atoms with van der Waals surface area (Å²) in [5, 5.41) is 12.7. The van der Waals surface area contributed by atoms with Crippen LogP contribution >= 0.6 is 0 Å². The average Bonchev–Trinajstić information content (AvgIpc) is 2.42. The molecule has 0 aromatic heterocycles. The zero-order chi connectivity index (χ0) is 14.0. The maximum absolute atomic E-state index is 8.96. The molecule has 1 aromatic carbocycles. The molecule has 0 spiro atoms. The summed E-state index contributed by atoms with van der Waals surface area (Å²) in [5.41, 5.74) is 6.77. The zero-order valence-electron chi connectivity index (χ0n) is 12.5. The highest BCUT2D eigenvalue weighted by Gasteiger charge is 2.21. The summed E-state index contributed by atoms with van der Waals surface area (Å²) < 4.78 is 0. The number of rotatable bonds is 2. The highest BCUT2D eigenvalue weighted by atomic mass is 14.9. The van der Waals surface area contributed by atoms with Crippen molar-refractivity contribution in [1.82, 2.24) is 0 Å². The predicted octanol–water partition coefficient (Wildman–Crippen LogP) is 4.41. The van der Waals surface area contributed by atoms with Crippen molar-refractivity contribution in [3.05, 3.63) is 28.3 Å². The quantitative estimate of drug-likeness (QED) is 0.850. The van der Waals surface area contributed by atoms with Crippen LogP contribution in [0, 0.1) is 44.9 Å². The first kappa shape index (κ1) is 13.9. The molecule has 0 aliphatic heterocycles. The molecule has 102 valence electrons. The Morgan fingerprint density at radius 3 is 2.00 bits per heavy atom. The molecule has 2 rings (SSSR count). The minimum atomic E-state index is 0.277. The molecule has 19 heavy (non-hydrogen) atoms. The van der Waals surface area contributed by atoms with Crippen LogP contribution in [0.25, 0.3) is 0 Å². The fraction of sp³-hybridized carbons (Fsp3) is 0.588. The van der Waals surface area contributed by atoms with Gasteiger partial charge in [0.1, 0.15) is 0 Å². The SMILES string of the molecule is Cc1cc(C)c(C)c(NC2CCC(C#N)CC2)c1C. The van der Waals surface area contributed by atoms with Gasteiger partial charge in [-0.05, 0) is 75.6 Å². The Morgan fingerprint density at radius 1 is 1.00 bits per heavy atom. The normalized spacial score (nSPS) is 22.9. The number of nitriles is 1. The third-order valence-electron chi connectivity index (χ3n) is 4.62. The molecule has 0 radical (unpaired) electrons. The molecule has 0 amide bonds. The number of benzene rings is 1. The van der Waals surface area contributed by atoms with Gasteiger partial charge in [-0.25, -0.2) is 0 Å². The first-order valence-corrected chi connectivity index (χ1v) is 7.26. The molecule has 1 N–H and O–H groups in total. The number of hydrogen-bond donors (Lipinski definition) is 1. The van der Waals surface area contributed by atoms with E-state index in [9.17, 15) is 0 Å². The Labute approximate surface area is 116 Å². The topological polar surface area (TPSA) is 35.8 Å². The van der Waals surface area contributed by atoms with E-state index in [1.165, 1.54) is 27.9 Å². The van der Waals surface area contributed by atoms with E-state index in [0.29, 0.717) is 6.04 Å². The van der Waals surface area contributed by atoms with Gasteiger partial charge in [0.05, 0.1) is 6.07 Å². The Bertz CT molecular complexity index is 477. The van der Waals surface area contributed by atoms with Gasteiger partial charge in [-0.1, -0.05) is 6.07 Å². The van der Waals surface area contributed by atoms with Crippen LogP contribution in [0.1, 0.15) is 47.9 Å². The van der Waals surface area contributed by atoms with E-state index < -0.39 is 0 Å². The molecule has 2 nitrogen and oxygen atoms in total. The van der Waals surface area contributed by atoms with Crippen LogP contribution in [0.3, 0.4) is 0 Å². The van der Waals surface area contributed by atoms with E-state index in [0.717, 1.165) is 25.7 Å². The number of hydrogen-bond acceptors (Lipinski definition) is 2. The average molecular weight is 256 g/mol. The van der Waals surface area contributed by atoms with Gasteiger partial charge in [-0.15, -0.1) is 0 Å². The number of nitrogens with one attached hydrogen (secondary N) is 1.